The van der Waals surface area contributed by atoms with Gasteiger partial charge in [-0.25, -0.2) is 9.97 Å². The fourth-order valence-electron chi connectivity index (χ4n) is 4.93. The monoisotopic (exact) mass is 437 g/mol. The number of rotatable bonds is 6. The Morgan fingerprint density at radius 1 is 1.00 bits per heavy atom. The van der Waals surface area contributed by atoms with Crippen molar-refractivity contribution in [3.05, 3.63) is 24.5 Å². The van der Waals surface area contributed by atoms with E-state index in [2.05, 4.69) is 34.3 Å². The van der Waals surface area contributed by atoms with Gasteiger partial charge in [-0.15, -0.1) is 0 Å². The van der Waals surface area contributed by atoms with E-state index in [1.165, 1.54) is 44.9 Å². The first-order valence-electron chi connectivity index (χ1n) is 12.3. The Balaban J connectivity index is 1.36. The normalized spacial score (nSPS) is 26.2. The van der Waals surface area contributed by atoms with Crippen LogP contribution in [0.5, 0.6) is 5.88 Å². The third-order valence-electron chi connectivity index (χ3n) is 7.01. The maximum Gasteiger partial charge on any atom is 0.226 e. The SMILES string of the molecule is CC1CCC(Nc2ncc(-c3ccc(N4CCCCC4)nc3)c(O[C@@H]3CCOC3)n2)CC1. The summed E-state index contributed by atoms with van der Waals surface area (Å²) >= 11 is 0. The Morgan fingerprint density at radius 3 is 2.56 bits per heavy atom. The molecular formula is C25H35N5O2. The van der Waals surface area contributed by atoms with Gasteiger partial charge in [-0.3, -0.25) is 0 Å². The highest BCUT2D eigenvalue weighted by atomic mass is 16.5. The number of nitrogens with one attached hydrogen (secondary N) is 1. The molecule has 0 aromatic carbocycles. The first-order valence-corrected chi connectivity index (χ1v) is 12.3. The largest absolute Gasteiger partial charge is 0.471 e. The van der Waals surface area contributed by atoms with Crippen LogP contribution in [0.2, 0.25) is 0 Å². The molecule has 2 saturated heterocycles. The summed E-state index contributed by atoms with van der Waals surface area (Å²) in [5.41, 5.74) is 1.87. The Morgan fingerprint density at radius 2 is 1.84 bits per heavy atom. The molecule has 0 spiro atoms. The van der Waals surface area contributed by atoms with Crippen LogP contribution >= 0.6 is 0 Å². The van der Waals surface area contributed by atoms with Gasteiger partial charge in [0, 0.05) is 43.5 Å². The molecule has 3 fully saturated rings. The Bertz CT molecular complexity index is 870. The second kappa shape index (κ2) is 10.0. The van der Waals surface area contributed by atoms with Crippen LogP contribution in [0.1, 0.15) is 58.3 Å². The van der Waals surface area contributed by atoms with Crippen LogP contribution in [0.25, 0.3) is 11.1 Å². The zero-order valence-corrected chi connectivity index (χ0v) is 19.1. The number of ether oxygens (including phenoxy) is 2. The number of pyridine rings is 1. The van der Waals surface area contributed by atoms with Crippen LogP contribution in [-0.2, 0) is 4.74 Å². The number of nitrogens with zero attached hydrogens (tertiary/aromatic N) is 4. The fourth-order valence-corrected chi connectivity index (χ4v) is 4.93. The molecule has 7 heteroatoms. The molecule has 2 aromatic rings. The number of hydrogen-bond donors (Lipinski definition) is 1. The molecule has 4 heterocycles. The van der Waals surface area contributed by atoms with E-state index in [9.17, 15) is 0 Å². The molecule has 5 rings (SSSR count). The van der Waals surface area contributed by atoms with E-state index in [4.69, 9.17) is 19.4 Å². The summed E-state index contributed by atoms with van der Waals surface area (Å²) in [5.74, 6) is 3.14. The zero-order valence-electron chi connectivity index (χ0n) is 19.1. The second-order valence-corrected chi connectivity index (χ2v) is 9.57. The summed E-state index contributed by atoms with van der Waals surface area (Å²) in [7, 11) is 0. The van der Waals surface area contributed by atoms with E-state index in [1.807, 2.05) is 12.4 Å². The highest BCUT2D eigenvalue weighted by Crippen LogP contribution is 2.32. The van der Waals surface area contributed by atoms with Gasteiger partial charge in [-0.05, 0) is 63.0 Å². The highest BCUT2D eigenvalue weighted by molar-refractivity contribution is 5.68. The quantitative estimate of drug-likeness (QED) is 0.703. The maximum absolute atomic E-state index is 6.30. The van der Waals surface area contributed by atoms with Gasteiger partial charge in [0.05, 0.1) is 18.8 Å². The molecule has 172 valence electrons. The van der Waals surface area contributed by atoms with Crippen molar-refractivity contribution < 1.29 is 9.47 Å². The molecule has 2 aromatic heterocycles. The van der Waals surface area contributed by atoms with Gasteiger partial charge in [-0.2, -0.15) is 4.98 Å². The van der Waals surface area contributed by atoms with E-state index in [1.54, 1.807) is 0 Å². The molecule has 2 aliphatic heterocycles. The van der Waals surface area contributed by atoms with E-state index < -0.39 is 0 Å². The molecule has 7 nitrogen and oxygen atoms in total. The van der Waals surface area contributed by atoms with Crippen molar-refractivity contribution in [1.29, 1.82) is 0 Å². The van der Waals surface area contributed by atoms with Crippen molar-refractivity contribution in [3.8, 4) is 17.0 Å². The van der Waals surface area contributed by atoms with E-state index >= 15 is 0 Å². The zero-order chi connectivity index (χ0) is 21.8. The molecule has 1 N–H and O–H groups in total. The minimum Gasteiger partial charge on any atom is -0.471 e. The van der Waals surface area contributed by atoms with Gasteiger partial charge < -0.3 is 19.7 Å². The Hall–Kier alpha value is -2.41. The average molecular weight is 438 g/mol. The number of piperidine rings is 1. The molecule has 32 heavy (non-hydrogen) atoms. The summed E-state index contributed by atoms with van der Waals surface area (Å²) in [6.07, 6.45) is 13.4. The molecule has 0 bridgehead atoms. The molecular weight excluding hydrogens is 402 g/mol. The van der Waals surface area contributed by atoms with Crippen molar-refractivity contribution in [2.24, 2.45) is 5.92 Å². The highest BCUT2D eigenvalue weighted by Gasteiger charge is 2.23. The molecule has 0 unspecified atom stereocenters. The molecule has 1 aliphatic carbocycles. The summed E-state index contributed by atoms with van der Waals surface area (Å²) < 4.78 is 11.8. The summed E-state index contributed by atoms with van der Waals surface area (Å²) in [6.45, 7) is 5.86. The molecule has 1 saturated carbocycles. The first-order chi connectivity index (χ1) is 15.7. The van der Waals surface area contributed by atoms with Crippen molar-refractivity contribution in [2.75, 3.05) is 36.5 Å². The van der Waals surface area contributed by atoms with Gasteiger partial charge in [0.25, 0.3) is 0 Å². The minimum atomic E-state index is 0.0348. The van der Waals surface area contributed by atoms with Crippen LogP contribution in [-0.4, -0.2) is 53.4 Å². The van der Waals surface area contributed by atoms with Crippen LogP contribution in [0.4, 0.5) is 11.8 Å². The molecule has 0 amide bonds. The van der Waals surface area contributed by atoms with Crippen molar-refractivity contribution in [1.82, 2.24) is 15.0 Å². The van der Waals surface area contributed by atoms with E-state index in [0.29, 0.717) is 24.5 Å². The Kier molecular flexibility index (Phi) is 6.72. The first kappa shape index (κ1) is 21.4. The number of anilines is 2. The average Bonchev–Trinajstić information content (AvgIpc) is 3.35. The van der Waals surface area contributed by atoms with Gasteiger partial charge in [0.2, 0.25) is 11.8 Å². The summed E-state index contributed by atoms with van der Waals surface area (Å²) in [5, 5.41) is 3.54. The lowest BCUT2D eigenvalue weighted by Gasteiger charge is -2.28. The van der Waals surface area contributed by atoms with Crippen molar-refractivity contribution in [3.63, 3.8) is 0 Å². The summed E-state index contributed by atoms with van der Waals surface area (Å²) in [4.78, 5) is 16.6. The van der Waals surface area contributed by atoms with Crippen LogP contribution in [0.15, 0.2) is 24.5 Å². The predicted molar refractivity (Wildman–Crippen MR) is 126 cm³/mol. The number of aromatic nitrogens is 3. The lowest BCUT2D eigenvalue weighted by atomic mass is 9.87. The third kappa shape index (κ3) is 5.14. The lowest BCUT2D eigenvalue weighted by molar-refractivity contribution is 0.138. The van der Waals surface area contributed by atoms with Gasteiger partial charge in [-0.1, -0.05) is 6.92 Å². The Labute approximate surface area is 191 Å². The van der Waals surface area contributed by atoms with Gasteiger partial charge in [0.1, 0.15) is 11.9 Å². The third-order valence-corrected chi connectivity index (χ3v) is 7.01. The smallest absolute Gasteiger partial charge is 0.226 e. The van der Waals surface area contributed by atoms with Crippen LogP contribution in [0, 0.1) is 5.92 Å². The topological polar surface area (TPSA) is 72.4 Å². The predicted octanol–water partition coefficient (Wildman–Crippen LogP) is 4.69. The molecule has 3 aliphatic rings. The van der Waals surface area contributed by atoms with Gasteiger partial charge in [0.15, 0.2) is 0 Å². The van der Waals surface area contributed by atoms with Crippen LogP contribution in [0.3, 0.4) is 0 Å². The lowest BCUT2D eigenvalue weighted by Crippen LogP contribution is -2.30. The van der Waals surface area contributed by atoms with E-state index in [-0.39, 0.29) is 6.10 Å². The van der Waals surface area contributed by atoms with E-state index in [0.717, 1.165) is 49.0 Å². The number of hydrogen-bond acceptors (Lipinski definition) is 7. The molecule has 1 atom stereocenters. The van der Waals surface area contributed by atoms with Crippen molar-refractivity contribution >= 4 is 11.8 Å². The standard InChI is InChI=1S/C25H35N5O2/c1-18-5-8-20(9-6-18)28-25-27-16-22(24(29-25)32-21-11-14-31-17-21)19-7-10-23(26-15-19)30-12-3-2-4-13-30/h7,10,15-16,18,20-21H,2-6,8-9,11-14,17H2,1H3,(H,27,28,29)/t18?,20?,21-/m1/s1. The fraction of sp³-hybridized carbons (Fsp3) is 0.640. The summed E-state index contributed by atoms with van der Waals surface area (Å²) in [6, 6.07) is 4.66. The molecule has 0 radical (unpaired) electrons. The second-order valence-electron chi connectivity index (χ2n) is 9.57. The van der Waals surface area contributed by atoms with Crippen LogP contribution < -0.4 is 15.0 Å². The maximum atomic E-state index is 6.30. The van der Waals surface area contributed by atoms with Gasteiger partial charge >= 0.3 is 0 Å². The van der Waals surface area contributed by atoms with Crippen molar-refractivity contribution in [2.45, 2.75) is 70.4 Å². The minimum absolute atomic E-state index is 0.0348.